The van der Waals surface area contributed by atoms with Crippen LogP contribution in [0.2, 0.25) is 0 Å². The van der Waals surface area contributed by atoms with E-state index in [1.165, 1.54) is 24.3 Å². The number of para-hydroxylation sites is 1. The molecule has 0 N–H and O–H groups in total. The molecule has 26 heavy (non-hydrogen) atoms. The highest BCUT2D eigenvalue weighted by molar-refractivity contribution is 5.86. The monoisotopic (exact) mass is 364 g/mol. The van der Waals surface area contributed by atoms with Gasteiger partial charge in [0.1, 0.15) is 19.0 Å². The highest BCUT2D eigenvalue weighted by atomic mass is 19.4. The SMILES string of the molecule is O=c1c(Oc2ccccc2)c(C(F)(F)F)oc2c3c(ccc12)OCCO3. The molecule has 4 rings (SSSR count). The Labute approximate surface area is 144 Å². The standard InChI is InChI=1S/C18H11F3O5/c19-18(20,21)17-16(25-10-4-2-1-3-5-10)13(22)11-6-7-12-15(14(11)26-17)24-9-8-23-12/h1-7H,8-9H2. The van der Waals surface area contributed by atoms with Crippen LogP contribution in [0.4, 0.5) is 13.2 Å². The summed E-state index contributed by atoms with van der Waals surface area (Å²) in [7, 11) is 0. The molecule has 2 aromatic carbocycles. The maximum absolute atomic E-state index is 13.5. The molecule has 0 fully saturated rings. The molecular weight excluding hydrogens is 353 g/mol. The van der Waals surface area contributed by atoms with Crippen molar-refractivity contribution >= 4 is 11.0 Å². The number of hydrogen-bond donors (Lipinski definition) is 0. The van der Waals surface area contributed by atoms with Gasteiger partial charge < -0.3 is 18.6 Å². The van der Waals surface area contributed by atoms with Crippen LogP contribution in [0.3, 0.4) is 0 Å². The third-order valence-corrected chi connectivity index (χ3v) is 3.75. The van der Waals surface area contributed by atoms with Crippen molar-refractivity contribution in [3.63, 3.8) is 0 Å². The van der Waals surface area contributed by atoms with Gasteiger partial charge in [0.2, 0.25) is 16.9 Å². The molecule has 0 radical (unpaired) electrons. The van der Waals surface area contributed by atoms with Crippen molar-refractivity contribution in [1.82, 2.24) is 0 Å². The van der Waals surface area contributed by atoms with E-state index in [1.54, 1.807) is 18.2 Å². The molecule has 3 aromatic rings. The van der Waals surface area contributed by atoms with Gasteiger partial charge in [0.05, 0.1) is 5.39 Å². The van der Waals surface area contributed by atoms with E-state index < -0.39 is 23.1 Å². The molecule has 5 nitrogen and oxygen atoms in total. The maximum atomic E-state index is 13.5. The molecule has 0 saturated heterocycles. The van der Waals surface area contributed by atoms with Crippen LogP contribution in [-0.4, -0.2) is 13.2 Å². The highest BCUT2D eigenvalue weighted by Gasteiger charge is 2.41. The van der Waals surface area contributed by atoms with Gasteiger partial charge in [-0.1, -0.05) is 18.2 Å². The lowest BCUT2D eigenvalue weighted by Crippen LogP contribution is -2.18. The summed E-state index contributed by atoms with van der Waals surface area (Å²) in [6, 6.07) is 10.5. The van der Waals surface area contributed by atoms with E-state index in [9.17, 15) is 18.0 Å². The van der Waals surface area contributed by atoms with E-state index >= 15 is 0 Å². The molecule has 0 bridgehead atoms. The molecule has 134 valence electrons. The zero-order valence-electron chi connectivity index (χ0n) is 13.1. The predicted octanol–water partition coefficient (Wildman–Crippen LogP) is 4.38. The number of alkyl halides is 3. The quantitative estimate of drug-likeness (QED) is 0.676. The lowest BCUT2D eigenvalue weighted by Gasteiger charge is -2.20. The minimum absolute atomic E-state index is 0.0254. The molecule has 0 unspecified atom stereocenters. The Morgan fingerprint density at radius 1 is 0.962 bits per heavy atom. The second-order valence-corrected chi connectivity index (χ2v) is 5.47. The molecule has 0 saturated carbocycles. The number of halogens is 3. The van der Waals surface area contributed by atoms with Crippen molar-refractivity contribution in [2.45, 2.75) is 6.18 Å². The lowest BCUT2D eigenvalue weighted by molar-refractivity contribution is -0.154. The molecule has 2 heterocycles. The van der Waals surface area contributed by atoms with Crippen molar-refractivity contribution in [3.8, 4) is 23.0 Å². The molecular formula is C18H11F3O5. The molecule has 1 aliphatic heterocycles. The van der Waals surface area contributed by atoms with E-state index in [0.29, 0.717) is 0 Å². The van der Waals surface area contributed by atoms with Crippen molar-refractivity contribution in [3.05, 3.63) is 58.4 Å². The summed E-state index contributed by atoms with van der Waals surface area (Å²) < 4.78 is 61.5. The zero-order chi connectivity index (χ0) is 18.3. The second-order valence-electron chi connectivity index (χ2n) is 5.47. The Morgan fingerprint density at radius 3 is 2.42 bits per heavy atom. The van der Waals surface area contributed by atoms with Gasteiger partial charge >= 0.3 is 6.18 Å². The summed E-state index contributed by atoms with van der Waals surface area (Å²) in [5, 5.41) is -0.0896. The maximum Gasteiger partial charge on any atom is 0.453 e. The fourth-order valence-electron chi connectivity index (χ4n) is 2.63. The Bertz CT molecular complexity index is 1020. The number of fused-ring (bicyclic) bond motifs is 3. The second kappa shape index (κ2) is 5.98. The average Bonchev–Trinajstić information content (AvgIpc) is 2.63. The summed E-state index contributed by atoms with van der Waals surface area (Å²) in [5.74, 6) is -2.17. The highest BCUT2D eigenvalue weighted by Crippen LogP contribution is 2.43. The lowest BCUT2D eigenvalue weighted by atomic mass is 10.1. The van der Waals surface area contributed by atoms with Crippen molar-refractivity contribution < 1.29 is 31.8 Å². The van der Waals surface area contributed by atoms with Gasteiger partial charge in [-0.3, -0.25) is 4.79 Å². The van der Waals surface area contributed by atoms with E-state index in [2.05, 4.69) is 0 Å². The third-order valence-electron chi connectivity index (χ3n) is 3.75. The smallest absolute Gasteiger partial charge is 0.453 e. The summed E-state index contributed by atoms with van der Waals surface area (Å²) in [4.78, 5) is 12.7. The topological polar surface area (TPSA) is 57.9 Å². The van der Waals surface area contributed by atoms with E-state index in [-0.39, 0.29) is 41.4 Å². The first-order valence-electron chi connectivity index (χ1n) is 7.64. The zero-order valence-corrected chi connectivity index (χ0v) is 13.1. The molecule has 8 heteroatoms. The first kappa shape index (κ1) is 16.3. The van der Waals surface area contributed by atoms with Crippen LogP contribution < -0.4 is 19.6 Å². The first-order valence-corrected chi connectivity index (χ1v) is 7.64. The predicted molar refractivity (Wildman–Crippen MR) is 85.0 cm³/mol. The molecule has 0 amide bonds. The summed E-state index contributed by atoms with van der Waals surface area (Å²) in [5.41, 5.74) is -1.26. The van der Waals surface area contributed by atoms with E-state index in [1.807, 2.05) is 0 Å². The summed E-state index contributed by atoms with van der Waals surface area (Å²) in [6.07, 6.45) is -4.93. The number of rotatable bonds is 2. The van der Waals surface area contributed by atoms with Gasteiger partial charge in [-0.25, -0.2) is 0 Å². The number of hydrogen-bond acceptors (Lipinski definition) is 5. The third kappa shape index (κ3) is 2.73. The van der Waals surface area contributed by atoms with Gasteiger partial charge in [-0.2, -0.15) is 13.2 Å². The van der Waals surface area contributed by atoms with Gasteiger partial charge in [-0.05, 0) is 24.3 Å². The van der Waals surface area contributed by atoms with Crippen molar-refractivity contribution in [2.75, 3.05) is 13.2 Å². The summed E-state index contributed by atoms with van der Waals surface area (Å²) in [6.45, 7) is 0.392. The van der Waals surface area contributed by atoms with Gasteiger partial charge in [-0.15, -0.1) is 0 Å². The minimum Gasteiger partial charge on any atom is -0.486 e. The minimum atomic E-state index is -4.93. The van der Waals surface area contributed by atoms with Crippen LogP contribution in [0.5, 0.6) is 23.0 Å². The number of benzene rings is 2. The van der Waals surface area contributed by atoms with Gasteiger partial charge in [0.15, 0.2) is 11.3 Å². The first-order chi connectivity index (χ1) is 12.4. The summed E-state index contributed by atoms with van der Waals surface area (Å²) >= 11 is 0. The van der Waals surface area contributed by atoms with Crippen LogP contribution in [-0.2, 0) is 6.18 Å². The van der Waals surface area contributed by atoms with Crippen LogP contribution in [0.1, 0.15) is 5.76 Å². The normalized spacial score (nSPS) is 13.7. The van der Waals surface area contributed by atoms with Gasteiger partial charge in [0, 0.05) is 0 Å². The fourth-order valence-corrected chi connectivity index (χ4v) is 2.63. The molecule has 0 atom stereocenters. The van der Waals surface area contributed by atoms with Crippen molar-refractivity contribution in [2.24, 2.45) is 0 Å². The molecule has 1 aromatic heterocycles. The molecule has 1 aliphatic rings. The Kier molecular flexibility index (Phi) is 3.75. The Balaban J connectivity index is 1.99. The Hall–Kier alpha value is -3.16. The van der Waals surface area contributed by atoms with Gasteiger partial charge in [0.25, 0.3) is 5.76 Å². The fraction of sp³-hybridized carbons (Fsp3) is 0.167. The largest absolute Gasteiger partial charge is 0.486 e. The van der Waals surface area contributed by atoms with E-state index in [0.717, 1.165) is 0 Å². The van der Waals surface area contributed by atoms with Crippen LogP contribution in [0, 0.1) is 0 Å². The van der Waals surface area contributed by atoms with Crippen molar-refractivity contribution in [1.29, 1.82) is 0 Å². The van der Waals surface area contributed by atoms with Crippen LogP contribution >= 0.6 is 0 Å². The van der Waals surface area contributed by atoms with Crippen LogP contribution in [0.25, 0.3) is 11.0 Å². The van der Waals surface area contributed by atoms with E-state index in [4.69, 9.17) is 18.6 Å². The Morgan fingerprint density at radius 2 is 1.69 bits per heavy atom. The number of ether oxygens (including phenoxy) is 3. The average molecular weight is 364 g/mol. The molecule has 0 aliphatic carbocycles. The molecule has 0 spiro atoms. The van der Waals surface area contributed by atoms with Crippen LogP contribution in [0.15, 0.2) is 51.7 Å².